The lowest BCUT2D eigenvalue weighted by Crippen LogP contribution is -2.44. The normalized spacial score (nSPS) is 13.8. The summed E-state index contributed by atoms with van der Waals surface area (Å²) in [6.45, 7) is 5.14. The number of terminal acetylenes is 1. The van der Waals surface area contributed by atoms with Crippen LogP contribution in [-0.4, -0.2) is 36.8 Å². The van der Waals surface area contributed by atoms with E-state index < -0.39 is 0 Å². The Bertz CT molecular complexity index is 242. The monoisotopic (exact) mass is 240 g/mol. The zero-order valence-corrected chi connectivity index (χ0v) is 10.8. The first-order valence-corrected chi connectivity index (χ1v) is 6.21. The molecule has 0 bridgehead atoms. The summed E-state index contributed by atoms with van der Waals surface area (Å²) >= 11 is 0. The van der Waals surface area contributed by atoms with Crippen LogP contribution in [0.5, 0.6) is 0 Å². The highest BCUT2D eigenvalue weighted by Gasteiger charge is 2.14. The summed E-state index contributed by atoms with van der Waals surface area (Å²) in [5.74, 6) is 2.71. The first-order valence-electron chi connectivity index (χ1n) is 6.21. The Hall–Kier alpha value is -1.05. The maximum Gasteiger partial charge on any atom is 0.237 e. The molecule has 0 aromatic carbocycles. The van der Waals surface area contributed by atoms with E-state index in [9.17, 15) is 4.79 Å². The lowest BCUT2D eigenvalue weighted by atomic mass is 10.00. The van der Waals surface area contributed by atoms with Crippen molar-refractivity contribution in [1.82, 2.24) is 10.6 Å². The second-order valence-corrected chi connectivity index (χ2v) is 4.22. The number of rotatable bonds is 9. The Kier molecular flexibility index (Phi) is 9.50. The van der Waals surface area contributed by atoms with Gasteiger partial charge in [-0.15, -0.1) is 6.42 Å². The third-order valence-electron chi connectivity index (χ3n) is 2.70. The molecule has 0 radical (unpaired) electrons. The molecular formula is C13H24N2O2. The van der Waals surface area contributed by atoms with Gasteiger partial charge in [0.15, 0.2) is 0 Å². The van der Waals surface area contributed by atoms with Crippen LogP contribution < -0.4 is 10.6 Å². The maximum atomic E-state index is 11.5. The molecule has 0 aliphatic heterocycles. The minimum atomic E-state index is -0.249. The molecule has 0 aromatic rings. The van der Waals surface area contributed by atoms with Gasteiger partial charge in [0.2, 0.25) is 5.91 Å². The van der Waals surface area contributed by atoms with E-state index in [0.29, 0.717) is 5.92 Å². The molecular weight excluding hydrogens is 216 g/mol. The zero-order chi connectivity index (χ0) is 13.1. The lowest BCUT2D eigenvalue weighted by Gasteiger charge is -2.19. The molecule has 0 aromatic heterocycles. The van der Waals surface area contributed by atoms with Gasteiger partial charge in [0.1, 0.15) is 0 Å². The van der Waals surface area contributed by atoms with Gasteiger partial charge in [0.05, 0.1) is 12.6 Å². The smallest absolute Gasteiger partial charge is 0.237 e. The summed E-state index contributed by atoms with van der Waals surface area (Å²) in [6, 6.07) is -0.249. The van der Waals surface area contributed by atoms with E-state index in [2.05, 4.69) is 23.5 Å². The molecule has 98 valence electrons. The molecule has 2 atom stereocenters. The molecule has 4 heteroatoms. The molecule has 1 amide bonds. The van der Waals surface area contributed by atoms with Gasteiger partial charge in [-0.2, -0.15) is 0 Å². The van der Waals surface area contributed by atoms with Crippen molar-refractivity contribution < 1.29 is 9.90 Å². The minimum Gasteiger partial charge on any atom is -0.396 e. The molecule has 0 aliphatic carbocycles. The van der Waals surface area contributed by atoms with Crippen LogP contribution in [0.1, 0.15) is 33.1 Å². The second-order valence-electron chi connectivity index (χ2n) is 4.22. The summed E-state index contributed by atoms with van der Waals surface area (Å²) < 4.78 is 0. The van der Waals surface area contributed by atoms with Crippen LogP contribution in [0.25, 0.3) is 0 Å². The van der Waals surface area contributed by atoms with Crippen molar-refractivity contribution in [3.63, 3.8) is 0 Å². The zero-order valence-electron chi connectivity index (χ0n) is 10.8. The number of hydrogen-bond donors (Lipinski definition) is 3. The minimum absolute atomic E-state index is 0.0813. The largest absolute Gasteiger partial charge is 0.396 e. The van der Waals surface area contributed by atoms with Gasteiger partial charge in [-0.05, 0) is 32.2 Å². The number of nitrogens with one attached hydrogen (secondary N) is 2. The van der Waals surface area contributed by atoms with Crippen molar-refractivity contribution in [3.8, 4) is 12.3 Å². The van der Waals surface area contributed by atoms with Crippen molar-refractivity contribution in [1.29, 1.82) is 0 Å². The summed E-state index contributed by atoms with van der Waals surface area (Å²) in [6.07, 6.45) is 7.99. The Morgan fingerprint density at radius 1 is 1.47 bits per heavy atom. The van der Waals surface area contributed by atoms with E-state index in [1.165, 1.54) is 0 Å². The van der Waals surface area contributed by atoms with E-state index in [1.54, 1.807) is 0 Å². The highest BCUT2D eigenvalue weighted by Crippen LogP contribution is 2.09. The van der Waals surface area contributed by atoms with E-state index in [-0.39, 0.29) is 25.1 Å². The molecule has 0 saturated carbocycles. The fraction of sp³-hybridized carbons (Fsp3) is 0.769. The van der Waals surface area contributed by atoms with Crippen LogP contribution in [0.4, 0.5) is 0 Å². The second kappa shape index (κ2) is 10.1. The van der Waals surface area contributed by atoms with Gasteiger partial charge in [0, 0.05) is 6.61 Å². The van der Waals surface area contributed by atoms with Gasteiger partial charge >= 0.3 is 0 Å². The van der Waals surface area contributed by atoms with Crippen LogP contribution in [0.2, 0.25) is 0 Å². The molecule has 0 fully saturated rings. The topological polar surface area (TPSA) is 61.4 Å². The molecule has 17 heavy (non-hydrogen) atoms. The van der Waals surface area contributed by atoms with Gasteiger partial charge < -0.3 is 15.7 Å². The van der Waals surface area contributed by atoms with Gasteiger partial charge in [-0.1, -0.05) is 19.3 Å². The number of hydrogen-bond acceptors (Lipinski definition) is 3. The number of aliphatic hydroxyl groups excluding tert-OH is 1. The third-order valence-corrected chi connectivity index (χ3v) is 2.70. The fourth-order valence-electron chi connectivity index (χ4n) is 1.67. The van der Waals surface area contributed by atoms with E-state index in [1.807, 2.05) is 6.92 Å². The predicted octanol–water partition coefficient (Wildman–Crippen LogP) is 0.513. The first-order chi connectivity index (χ1) is 8.15. The summed E-state index contributed by atoms with van der Waals surface area (Å²) in [5, 5.41) is 14.7. The highest BCUT2D eigenvalue weighted by atomic mass is 16.3. The van der Waals surface area contributed by atoms with E-state index >= 15 is 0 Å². The molecule has 0 aliphatic rings. The summed E-state index contributed by atoms with van der Waals surface area (Å²) in [5.41, 5.74) is 0. The highest BCUT2D eigenvalue weighted by molar-refractivity contribution is 5.81. The molecule has 3 N–H and O–H groups in total. The average Bonchev–Trinajstić information content (AvgIpc) is 2.33. The molecule has 0 spiro atoms. The predicted molar refractivity (Wildman–Crippen MR) is 69.4 cm³/mol. The average molecular weight is 240 g/mol. The van der Waals surface area contributed by atoms with Crippen LogP contribution in [0.3, 0.4) is 0 Å². The lowest BCUT2D eigenvalue weighted by molar-refractivity contribution is -0.122. The number of amides is 1. The molecule has 0 heterocycles. The third kappa shape index (κ3) is 7.78. The van der Waals surface area contributed by atoms with Gasteiger partial charge in [0.25, 0.3) is 0 Å². The molecule has 0 saturated heterocycles. The number of carbonyl (C=O) groups excluding carboxylic acids is 1. The van der Waals surface area contributed by atoms with Crippen molar-refractivity contribution >= 4 is 5.91 Å². The summed E-state index contributed by atoms with van der Waals surface area (Å²) in [7, 11) is 0. The van der Waals surface area contributed by atoms with Crippen molar-refractivity contribution in [3.05, 3.63) is 0 Å². The van der Waals surface area contributed by atoms with Crippen LogP contribution in [-0.2, 0) is 4.79 Å². The standard InChI is InChI=1S/C13H24N2O2/c1-4-6-12(7-9-16)10-15-11(3)13(17)14-8-5-2/h2,11-12,15-16H,4,6-10H2,1,3H3,(H,14,17). The maximum absolute atomic E-state index is 11.5. The SMILES string of the molecule is C#CCNC(=O)C(C)NCC(CCC)CCO. The first kappa shape index (κ1) is 16.0. The molecule has 0 rings (SSSR count). The van der Waals surface area contributed by atoms with Crippen molar-refractivity contribution in [2.24, 2.45) is 5.92 Å². The van der Waals surface area contributed by atoms with Crippen molar-refractivity contribution in [2.45, 2.75) is 39.2 Å². The Morgan fingerprint density at radius 3 is 2.71 bits per heavy atom. The van der Waals surface area contributed by atoms with Gasteiger partial charge in [-0.25, -0.2) is 0 Å². The van der Waals surface area contributed by atoms with Crippen LogP contribution in [0, 0.1) is 18.3 Å². The fourth-order valence-corrected chi connectivity index (χ4v) is 1.67. The Morgan fingerprint density at radius 2 is 2.18 bits per heavy atom. The van der Waals surface area contributed by atoms with Crippen LogP contribution in [0.15, 0.2) is 0 Å². The van der Waals surface area contributed by atoms with E-state index in [0.717, 1.165) is 25.8 Å². The number of carbonyl (C=O) groups is 1. The van der Waals surface area contributed by atoms with Gasteiger partial charge in [-0.3, -0.25) is 4.79 Å². The molecule has 4 nitrogen and oxygen atoms in total. The number of aliphatic hydroxyl groups is 1. The quantitative estimate of drug-likeness (QED) is 0.515. The van der Waals surface area contributed by atoms with Crippen molar-refractivity contribution in [2.75, 3.05) is 19.7 Å². The Balaban J connectivity index is 3.89. The van der Waals surface area contributed by atoms with Crippen LogP contribution >= 0.6 is 0 Å². The summed E-state index contributed by atoms with van der Waals surface area (Å²) in [4.78, 5) is 11.5. The molecule has 2 unspecified atom stereocenters. The van der Waals surface area contributed by atoms with E-state index in [4.69, 9.17) is 11.5 Å². The Labute approximate surface area is 104 Å².